The molecule has 27 heteroatoms. The Morgan fingerprint density at radius 2 is 0.812 bits per heavy atom. The Bertz CT molecular complexity index is 2160. The van der Waals surface area contributed by atoms with Crippen LogP contribution < -0.4 is 61.0 Å². The molecule has 0 rings (SSSR count). The Hall–Kier alpha value is -6.19. The van der Waals surface area contributed by atoms with Gasteiger partial charge in [0.2, 0.25) is 59.1 Å². The van der Waals surface area contributed by atoms with E-state index in [4.69, 9.17) is 34.4 Å². The maximum atomic E-state index is 14.6. The quantitative estimate of drug-likeness (QED) is 0.0200. The van der Waals surface area contributed by atoms with E-state index in [0.717, 1.165) is 4.90 Å². The monoisotopic (exact) mass is 1210 g/mol. The number of rotatable bonds is 42. The van der Waals surface area contributed by atoms with E-state index in [1.54, 1.807) is 13.8 Å². The number of aliphatic hydroxyl groups excluding tert-OH is 1. The highest BCUT2D eigenvalue weighted by molar-refractivity contribution is 5.98. The summed E-state index contributed by atoms with van der Waals surface area (Å²) in [5, 5.41) is 24.8. The highest BCUT2D eigenvalue weighted by Crippen LogP contribution is 2.22. The molecule has 0 radical (unpaired) electrons. The predicted octanol–water partition coefficient (Wildman–Crippen LogP) is -0.915. The van der Waals surface area contributed by atoms with Gasteiger partial charge in [-0.2, -0.15) is 0 Å². The second kappa shape index (κ2) is 40.2. The first-order valence-corrected chi connectivity index (χ1v) is 30.3. The van der Waals surface area contributed by atoms with Gasteiger partial charge in [0.15, 0.2) is 5.96 Å². The fourth-order valence-corrected chi connectivity index (χ4v) is 9.71. The van der Waals surface area contributed by atoms with Crippen molar-refractivity contribution < 1.29 is 53.1 Å². The molecule has 0 bridgehead atoms. The number of primary amides is 1. The van der Waals surface area contributed by atoms with Crippen molar-refractivity contribution in [3.05, 3.63) is 0 Å². The smallest absolute Gasteiger partial charge is 0.248 e. The summed E-state index contributed by atoms with van der Waals surface area (Å²) in [5.74, 6) is -7.93. The topological polar surface area (TPSA) is 433 Å². The summed E-state index contributed by atoms with van der Waals surface area (Å²) in [6.07, 6.45) is 1.60. The molecule has 0 aliphatic heterocycles. The lowest BCUT2D eigenvalue weighted by Gasteiger charge is -2.37. The van der Waals surface area contributed by atoms with Crippen LogP contribution in [-0.2, 0) is 47.9 Å². The number of aliphatic hydroxyl groups is 1. The van der Waals surface area contributed by atoms with E-state index in [-0.39, 0.29) is 107 Å². The first-order valence-electron chi connectivity index (χ1n) is 30.3. The summed E-state index contributed by atoms with van der Waals surface area (Å²) in [5.41, 5.74) is 34.3. The van der Waals surface area contributed by atoms with Crippen LogP contribution in [0.4, 0.5) is 0 Å². The van der Waals surface area contributed by atoms with E-state index >= 15 is 0 Å². The van der Waals surface area contributed by atoms with Crippen molar-refractivity contribution in [3.63, 3.8) is 0 Å². The number of aliphatic imine (C=N–C) groups is 1. The van der Waals surface area contributed by atoms with Crippen LogP contribution in [0.2, 0.25) is 0 Å². The molecule has 0 aliphatic rings. The Morgan fingerprint density at radius 3 is 1.21 bits per heavy atom. The molecule has 18 N–H and O–H groups in total. The summed E-state index contributed by atoms with van der Waals surface area (Å²) >= 11 is 0. The van der Waals surface area contributed by atoms with Gasteiger partial charge in [-0.3, -0.25) is 52.9 Å². The molecule has 27 nitrogen and oxygen atoms in total. The molecule has 11 atom stereocenters. The largest absolute Gasteiger partial charge is 0.391 e. The van der Waals surface area contributed by atoms with Gasteiger partial charge in [0, 0.05) is 34.7 Å². The first kappa shape index (κ1) is 78.8. The molecule has 490 valence electrons. The average molecular weight is 1210 g/mol. The van der Waals surface area contributed by atoms with Gasteiger partial charge in [0.05, 0.1) is 12.6 Å². The standard InChI is InChI=1S/C58H112N16O11/c1-16-37(10)47(54(82)68-40(23-18-20-26-60)52(80)70-48(38(11)75)57(85)74(15)45(31-36(8)9)56(84)72(13)42(49(62)77)28-33(2)3)69-51(79)41(24-21-27-65-58(63)64)66-50(78)39(22-17-19-25-59)67-53(81)43(29-34(4)5)73(14)55(83)44(30-35(6)7)71(12)46(76)32-61/h33-45,47-48,75H,16-32,59-61H2,1-15H3,(H2,62,77)(H,66,78)(H,67,81)(H,68,82)(H,69,79)(H,70,80)(H4,63,64,65)/t37-,38+,39-,40-,41-,42-,43-,44-,45-,47-,48-/m0/s1. The molecule has 0 aromatic carbocycles. The third kappa shape index (κ3) is 27.8. The normalized spacial score (nSPS) is 15.4. The fraction of sp³-hybridized carbons (Fsp3) is 0.810. The number of hydrogen-bond donors (Lipinski definition) is 12. The van der Waals surface area contributed by atoms with Gasteiger partial charge in [0.1, 0.15) is 54.4 Å². The average Bonchev–Trinajstić information content (AvgIpc) is 3.64. The van der Waals surface area contributed by atoms with Gasteiger partial charge in [-0.1, -0.05) is 75.7 Å². The van der Waals surface area contributed by atoms with Gasteiger partial charge >= 0.3 is 0 Å². The molecule has 0 saturated carbocycles. The van der Waals surface area contributed by atoms with Gasteiger partial charge in [-0.25, -0.2) is 0 Å². The first-order chi connectivity index (χ1) is 39.6. The van der Waals surface area contributed by atoms with E-state index in [1.807, 2.05) is 55.4 Å². The molecule has 0 unspecified atom stereocenters. The van der Waals surface area contributed by atoms with Crippen molar-refractivity contribution in [3.8, 4) is 0 Å². The van der Waals surface area contributed by atoms with Crippen molar-refractivity contribution >= 4 is 65.0 Å². The minimum absolute atomic E-state index is 0.00114. The maximum absolute atomic E-state index is 14.6. The molecule has 85 heavy (non-hydrogen) atoms. The number of hydrogen-bond acceptors (Lipinski definition) is 15. The van der Waals surface area contributed by atoms with Gasteiger partial charge in [-0.15, -0.1) is 0 Å². The number of unbranched alkanes of at least 4 members (excludes halogenated alkanes) is 2. The van der Waals surface area contributed by atoms with E-state index in [0.29, 0.717) is 32.1 Å². The molecule has 0 spiro atoms. The zero-order valence-corrected chi connectivity index (χ0v) is 53.9. The Kier molecular flexibility index (Phi) is 37.3. The number of guanidine groups is 1. The lowest BCUT2D eigenvalue weighted by molar-refractivity contribution is -0.150. The SMILES string of the molecule is CC[C@H](C)[C@H](NC(=O)[C@H](CCCN=C(N)N)NC(=O)[C@H](CCCCN)NC(=O)[C@H](CC(C)C)N(C)C(=O)[C@H](CC(C)C)N(C)C(=O)CN)C(=O)N[C@@H](CCCCN)C(=O)N[C@H](C(=O)N(C)[C@@H](CC(C)C)C(=O)N(C)[C@@H](CC(C)C)C(N)=O)[C@@H](C)O. The number of likely N-dealkylation sites (N-methyl/N-ethyl adjacent to an activating group) is 4. The Labute approximate surface area is 506 Å². The van der Waals surface area contributed by atoms with Crippen LogP contribution in [0, 0.1) is 29.6 Å². The number of nitrogens with zero attached hydrogens (tertiary/aromatic N) is 5. The number of nitrogens with one attached hydrogen (secondary N) is 5. The molecule has 0 aliphatic carbocycles. The molecule has 0 fully saturated rings. The lowest BCUT2D eigenvalue weighted by atomic mass is 9.96. The van der Waals surface area contributed by atoms with Crippen LogP contribution >= 0.6 is 0 Å². The summed E-state index contributed by atoms with van der Waals surface area (Å²) < 4.78 is 0. The third-order valence-corrected chi connectivity index (χ3v) is 15.0. The van der Waals surface area contributed by atoms with Crippen molar-refractivity contribution in [1.29, 1.82) is 0 Å². The molecule has 10 amide bonds. The lowest BCUT2D eigenvalue weighted by Crippen LogP contribution is -2.62. The van der Waals surface area contributed by atoms with E-state index < -0.39 is 125 Å². The number of carbonyl (C=O) groups excluding carboxylic acids is 10. The molecule has 0 aromatic rings. The zero-order valence-electron chi connectivity index (χ0n) is 53.9. The second-order valence-electron chi connectivity index (χ2n) is 24.3. The van der Waals surface area contributed by atoms with E-state index in [1.165, 1.54) is 49.8 Å². The van der Waals surface area contributed by atoms with Gasteiger partial charge in [0.25, 0.3) is 0 Å². The highest BCUT2D eigenvalue weighted by Gasteiger charge is 2.41. The van der Waals surface area contributed by atoms with Crippen LogP contribution in [-0.4, -0.2) is 205 Å². The van der Waals surface area contributed by atoms with Crippen LogP contribution in [0.5, 0.6) is 0 Å². The molecular formula is C58H112N16O11. The summed E-state index contributed by atoms with van der Waals surface area (Å²) in [7, 11) is 5.77. The van der Waals surface area contributed by atoms with Crippen molar-refractivity contribution in [2.75, 3.05) is 54.4 Å². The number of amides is 10. The van der Waals surface area contributed by atoms with Crippen LogP contribution in [0.25, 0.3) is 0 Å². The predicted molar refractivity (Wildman–Crippen MR) is 329 cm³/mol. The van der Waals surface area contributed by atoms with Crippen LogP contribution in [0.15, 0.2) is 4.99 Å². The Balaban J connectivity index is 7.28. The molecule has 0 heterocycles. The zero-order chi connectivity index (χ0) is 65.6. The Morgan fingerprint density at radius 1 is 0.447 bits per heavy atom. The second-order valence-corrected chi connectivity index (χ2v) is 24.3. The summed E-state index contributed by atoms with van der Waals surface area (Å²) in [4.78, 5) is 150. The third-order valence-electron chi connectivity index (χ3n) is 15.0. The van der Waals surface area contributed by atoms with E-state index in [9.17, 15) is 53.1 Å². The van der Waals surface area contributed by atoms with Crippen molar-refractivity contribution in [1.82, 2.24) is 46.2 Å². The fourth-order valence-electron chi connectivity index (χ4n) is 9.71. The summed E-state index contributed by atoms with van der Waals surface area (Å²) in [6, 6.07) is -11.0. The highest BCUT2D eigenvalue weighted by atomic mass is 16.3. The number of nitrogens with two attached hydrogens (primary N) is 6. The minimum atomic E-state index is -1.62. The summed E-state index contributed by atoms with van der Waals surface area (Å²) in [6.45, 7) is 20.0. The minimum Gasteiger partial charge on any atom is -0.391 e. The van der Waals surface area contributed by atoms with Crippen molar-refractivity contribution in [2.45, 2.75) is 220 Å². The van der Waals surface area contributed by atoms with Crippen molar-refractivity contribution in [2.24, 2.45) is 69.0 Å². The molecule has 0 aromatic heterocycles. The van der Waals surface area contributed by atoms with Crippen LogP contribution in [0.1, 0.15) is 160 Å². The van der Waals surface area contributed by atoms with E-state index in [2.05, 4.69) is 31.6 Å². The van der Waals surface area contributed by atoms with Gasteiger partial charge in [-0.05, 0) is 127 Å². The number of carbonyl (C=O) groups is 10. The molecular weight excluding hydrogens is 1100 g/mol. The maximum Gasteiger partial charge on any atom is 0.248 e. The molecule has 0 saturated heterocycles. The van der Waals surface area contributed by atoms with Gasteiger partial charge < -0.3 is 85.7 Å². The van der Waals surface area contributed by atoms with Crippen LogP contribution in [0.3, 0.4) is 0 Å².